The lowest BCUT2D eigenvalue weighted by atomic mass is 10.2. The number of hydrogen-bond acceptors (Lipinski definition) is 3. The van der Waals surface area contributed by atoms with E-state index < -0.39 is 21.7 Å². The van der Waals surface area contributed by atoms with Gasteiger partial charge >= 0.3 is 0 Å². The number of hydrogen-bond donors (Lipinski definition) is 1. The third kappa shape index (κ3) is 5.59. The molecule has 1 rings (SSSR count). The van der Waals surface area contributed by atoms with Gasteiger partial charge in [0, 0.05) is 25.6 Å². The quantitative estimate of drug-likeness (QED) is 0.828. The summed E-state index contributed by atoms with van der Waals surface area (Å²) in [5.74, 6) is -2.23. The van der Waals surface area contributed by atoms with Gasteiger partial charge in [-0.1, -0.05) is 13.8 Å². The molecule has 0 atom stereocenters. The summed E-state index contributed by atoms with van der Waals surface area (Å²) >= 11 is 0. The number of anilines is 1. The van der Waals surface area contributed by atoms with Crippen LogP contribution in [0.25, 0.3) is 0 Å². The average molecular weight is 334 g/mol. The summed E-state index contributed by atoms with van der Waals surface area (Å²) in [6.07, 6.45) is 0.874. The SMILES string of the molecule is CC(C)CNC(=O)CCN(c1ccc(F)c(F)c1)S(C)(=O)=O. The monoisotopic (exact) mass is 334 g/mol. The first-order chi connectivity index (χ1) is 10.1. The molecule has 0 aliphatic rings. The van der Waals surface area contributed by atoms with E-state index in [0.29, 0.717) is 6.54 Å². The molecule has 1 amide bonds. The van der Waals surface area contributed by atoms with Gasteiger partial charge in [0.15, 0.2) is 11.6 Å². The van der Waals surface area contributed by atoms with Crippen molar-refractivity contribution in [3.63, 3.8) is 0 Å². The van der Waals surface area contributed by atoms with Gasteiger partial charge < -0.3 is 5.32 Å². The third-order valence-electron chi connectivity index (χ3n) is 2.84. The average Bonchev–Trinajstić information content (AvgIpc) is 2.39. The van der Waals surface area contributed by atoms with E-state index in [1.165, 1.54) is 0 Å². The van der Waals surface area contributed by atoms with Crippen molar-refractivity contribution in [3.05, 3.63) is 29.8 Å². The van der Waals surface area contributed by atoms with Crippen LogP contribution in [0.5, 0.6) is 0 Å². The minimum Gasteiger partial charge on any atom is -0.356 e. The Labute approximate surface area is 129 Å². The molecule has 0 saturated carbocycles. The third-order valence-corrected chi connectivity index (χ3v) is 4.03. The molecule has 0 aromatic heterocycles. The van der Waals surface area contributed by atoms with Gasteiger partial charge in [-0.3, -0.25) is 9.10 Å². The van der Waals surface area contributed by atoms with Gasteiger partial charge in [0.1, 0.15) is 0 Å². The van der Waals surface area contributed by atoms with E-state index in [2.05, 4.69) is 5.32 Å². The van der Waals surface area contributed by atoms with Gasteiger partial charge in [-0.2, -0.15) is 0 Å². The van der Waals surface area contributed by atoms with Gasteiger partial charge in [-0.15, -0.1) is 0 Å². The number of sulfonamides is 1. The van der Waals surface area contributed by atoms with Gasteiger partial charge in [-0.25, -0.2) is 17.2 Å². The first-order valence-electron chi connectivity index (χ1n) is 6.80. The summed E-state index contributed by atoms with van der Waals surface area (Å²) in [6.45, 7) is 4.21. The number of halogens is 2. The van der Waals surface area contributed by atoms with Crippen LogP contribution in [-0.2, 0) is 14.8 Å². The first kappa shape index (κ1) is 18.3. The maximum Gasteiger partial charge on any atom is 0.232 e. The first-order valence-corrected chi connectivity index (χ1v) is 8.65. The molecular weight excluding hydrogens is 314 g/mol. The van der Waals surface area contributed by atoms with Crippen LogP contribution >= 0.6 is 0 Å². The van der Waals surface area contributed by atoms with Crippen molar-refractivity contribution in [2.24, 2.45) is 5.92 Å². The Morgan fingerprint density at radius 1 is 1.27 bits per heavy atom. The molecule has 0 fully saturated rings. The van der Waals surface area contributed by atoms with Crippen molar-refractivity contribution in [1.29, 1.82) is 0 Å². The highest BCUT2D eigenvalue weighted by atomic mass is 32.2. The summed E-state index contributed by atoms with van der Waals surface area (Å²) in [4.78, 5) is 11.7. The van der Waals surface area contributed by atoms with E-state index in [9.17, 15) is 22.0 Å². The van der Waals surface area contributed by atoms with Crippen molar-refractivity contribution in [2.45, 2.75) is 20.3 Å². The van der Waals surface area contributed by atoms with Crippen LogP contribution in [0, 0.1) is 17.6 Å². The summed E-state index contributed by atoms with van der Waals surface area (Å²) in [5, 5.41) is 2.67. The van der Waals surface area contributed by atoms with Crippen LogP contribution in [0.4, 0.5) is 14.5 Å². The van der Waals surface area contributed by atoms with E-state index in [0.717, 1.165) is 28.8 Å². The molecule has 0 unspecified atom stereocenters. The Hall–Kier alpha value is -1.70. The van der Waals surface area contributed by atoms with Crippen molar-refractivity contribution < 1.29 is 22.0 Å². The Morgan fingerprint density at radius 3 is 2.41 bits per heavy atom. The molecule has 0 radical (unpaired) electrons. The zero-order chi connectivity index (χ0) is 16.9. The van der Waals surface area contributed by atoms with Gasteiger partial charge in [0.25, 0.3) is 0 Å². The van der Waals surface area contributed by atoms with Crippen molar-refractivity contribution in [2.75, 3.05) is 23.7 Å². The molecule has 0 bridgehead atoms. The topological polar surface area (TPSA) is 66.5 Å². The minimum atomic E-state index is -3.71. The summed E-state index contributed by atoms with van der Waals surface area (Å²) in [5.41, 5.74) is -0.0157. The summed E-state index contributed by atoms with van der Waals surface area (Å²) < 4.78 is 50.7. The molecule has 5 nitrogen and oxygen atoms in total. The number of carbonyl (C=O) groups excluding carboxylic acids is 1. The second kappa shape index (κ2) is 7.53. The second-order valence-electron chi connectivity index (χ2n) is 5.38. The molecular formula is C14H20F2N2O3S. The van der Waals surface area contributed by atoms with Crippen LogP contribution in [0.3, 0.4) is 0 Å². The number of rotatable bonds is 7. The highest BCUT2D eigenvalue weighted by Gasteiger charge is 2.20. The highest BCUT2D eigenvalue weighted by molar-refractivity contribution is 7.92. The smallest absolute Gasteiger partial charge is 0.232 e. The number of nitrogens with zero attached hydrogens (tertiary/aromatic N) is 1. The van der Waals surface area contributed by atoms with Crippen molar-refractivity contribution >= 4 is 21.6 Å². The maximum atomic E-state index is 13.3. The summed E-state index contributed by atoms with van der Waals surface area (Å²) in [6, 6.07) is 2.80. The molecule has 1 aromatic carbocycles. The summed E-state index contributed by atoms with van der Waals surface area (Å²) in [7, 11) is -3.71. The largest absolute Gasteiger partial charge is 0.356 e. The van der Waals surface area contributed by atoms with Crippen LogP contribution in [-0.4, -0.2) is 33.7 Å². The molecule has 0 aliphatic heterocycles. The second-order valence-corrected chi connectivity index (χ2v) is 7.29. The lowest BCUT2D eigenvalue weighted by Gasteiger charge is -2.22. The zero-order valence-electron chi connectivity index (χ0n) is 12.8. The molecule has 1 aromatic rings. The molecule has 1 N–H and O–H groups in total. The molecule has 0 heterocycles. The fourth-order valence-corrected chi connectivity index (χ4v) is 2.66. The van der Waals surface area contributed by atoms with Crippen molar-refractivity contribution in [3.8, 4) is 0 Å². The number of nitrogens with one attached hydrogen (secondary N) is 1. The van der Waals surface area contributed by atoms with E-state index in [-0.39, 0.29) is 30.5 Å². The highest BCUT2D eigenvalue weighted by Crippen LogP contribution is 2.20. The number of amides is 1. The van der Waals surface area contributed by atoms with Crippen LogP contribution < -0.4 is 9.62 Å². The Morgan fingerprint density at radius 2 is 1.91 bits per heavy atom. The van der Waals surface area contributed by atoms with E-state index in [1.807, 2.05) is 13.8 Å². The standard InChI is InChI=1S/C14H20F2N2O3S/c1-10(2)9-17-14(19)6-7-18(22(3,20)21)11-4-5-12(15)13(16)8-11/h4-5,8,10H,6-7,9H2,1-3H3,(H,17,19). The lowest BCUT2D eigenvalue weighted by molar-refractivity contribution is -0.121. The Kier molecular flexibility index (Phi) is 6.28. The van der Waals surface area contributed by atoms with Gasteiger partial charge in [-0.05, 0) is 18.1 Å². The Balaban J connectivity index is 2.83. The van der Waals surface area contributed by atoms with Crippen LogP contribution in [0.1, 0.15) is 20.3 Å². The zero-order valence-corrected chi connectivity index (χ0v) is 13.6. The van der Waals surface area contributed by atoms with Crippen molar-refractivity contribution in [1.82, 2.24) is 5.32 Å². The van der Waals surface area contributed by atoms with E-state index >= 15 is 0 Å². The molecule has 0 spiro atoms. The molecule has 22 heavy (non-hydrogen) atoms. The predicted molar refractivity (Wildman–Crippen MR) is 81.0 cm³/mol. The Bertz CT molecular complexity index is 633. The molecule has 8 heteroatoms. The predicted octanol–water partition coefficient (Wildman–Crippen LogP) is 1.89. The van der Waals surface area contributed by atoms with Gasteiger partial charge in [0.05, 0.1) is 11.9 Å². The normalized spacial score (nSPS) is 11.5. The molecule has 124 valence electrons. The van der Waals surface area contributed by atoms with Crippen LogP contribution in [0.15, 0.2) is 18.2 Å². The minimum absolute atomic E-state index is 0.0157. The fourth-order valence-electron chi connectivity index (χ4n) is 1.74. The van der Waals surface area contributed by atoms with Crippen LogP contribution in [0.2, 0.25) is 0 Å². The number of carbonyl (C=O) groups is 1. The fraction of sp³-hybridized carbons (Fsp3) is 0.500. The molecule has 0 saturated heterocycles. The van der Waals surface area contributed by atoms with E-state index in [1.54, 1.807) is 0 Å². The van der Waals surface area contributed by atoms with E-state index in [4.69, 9.17) is 0 Å². The maximum absolute atomic E-state index is 13.3. The number of benzene rings is 1. The van der Waals surface area contributed by atoms with Gasteiger partial charge in [0.2, 0.25) is 15.9 Å². The lowest BCUT2D eigenvalue weighted by Crippen LogP contribution is -2.35. The molecule has 0 aliphatic carbocycles.